The van der Waals surface area contributed by atoms with Gasteiger partial charge in [-0.3, -0.25) is 9.20 Å². The summed E-state index contributed by atoms with van der Waals surface area (Å²) < 4.78 is 1.69. The Morgan fingerprint density at radius 3 is 3.00 bits per heavy atom. The molecule has 4 heteroatoms. The molecule has 0 amide bonds. The molecular formula is C9H9N3O. The standard InChI is InChI=1S/C9H9N3O/c1-6(13)8-4-7-2-3-11-5-12(7)9(8)10/h2-5H,10H2,1H3. The van der Waals surface area contributed by atoms with Crippen LogP contribution in [0.25, 0.3) is 5.52 Å². The maximum atomic E-state index is 11.1. The summed E-state index contributed by atoms with van der Waals surface area (Å²) in [4.78, 5) is 15.0. The van der Waals surface area contributed by atoms with Gasteiger partial charge in [0.05, 0.1) is 11.1 Å². The van der Waals surface area contributed by atoms with Gasteiger partial charge in [-0.25, -0.2) is 4.98 Å². The maximum absolute atomic E-state index is 11.1. The minimum atomic E-state index is -0.0267. The Balaban J connectivity index is 2.81. The van der Waals surface area contributed by atoms with Gasteiger partial charge in [0.25, 0.3) is 0 Å². The van der Waals surface area contributed by atoms with Crippen LogP contribution in [-0.2, 0) is 0 Å². The number of fused-ring (bicyclic) bond motifs is 1. The average molecular weight is 175 g/mol. The molecule has 0 atom stereocenters. The molecule has 0 spiro atoms. The van der Waals surface area contributed by atoms with Crippen LogP contribution in [-0.4, -0.2) is 15.2 Å². The smallest absolute Gasteiger partial charge is 0.163 e. The van der Waals surface area contributed by atoms with Gasteiger partial charge in [-0.15, -0.1) is 0 Å². The minimum absolute atomic E-state index is 0.0267. The number of hydrogen-bond acceptors (Lipinski definition) is 3. The number of aromatic nitrogens is 2. The summed E-state index contributed by atoms with van der Waals surface area (Å²) in [5.74, 6) is 0.428. The van der Waals surface area contributed by atoms with E-state index in [2.05, 4.69) is 4.98 Å². The molecule has 2 rings (SSSR count). The fraction of sp³-hybridized carbons (Fsp3) is 0.111. The topological polar surface area (TPSA) is 60.4 Å². The van der Waals surface area contributed by atoms with Crippen molar-refractivity contribution in [3.8, 4) is 0 Å². The second kappa shape index (κ2) is 2.58. The number of rotatable bonds is 1. The van der Waals surface area contributed by atoms with Crippen LogP contribution in [0, 0.1) is 0 Å². The molecular weight excluding hydrogens is 166 g/mol. The Hall–Kier alpha value is -1.84. The zero-order valence-corrected chi connectivity index (χ0v) is 7.19. The fourth-order valence-corrected chi connectivity index (χ4v) is 1.32. The second-order valence-corrected chi connectivity index (χ2v) is 2.87. The normalized spacial score (nSPS) is 10.5. The summed E-state index contributed by atoms with van der Waals surface area (Å²) in [6.07, 6.45) is 3.26. The molecule has 0 aromatic carbocycles. The van der Waals surface area contributed by atoms with E-state index >= 15 is 0 Å². The molecule has 2 aromatic rings. The van der Waals surface area contributed by atoms with Crippen LogP contribution >= 0.6 is 0 Å². The summed E-state index contributed by atoms with van der Waals surface area (Å²) in [6, 6.07) is 3.57. The molecule has 2 N–H and O–H groups in total. The van der Waals surface area contributed by atoms with E-state index < -0.39 is 0 Å². The number of nitrogen functional groups attached to an aromatic ring is 1. The van der Waals surface area contributed by atoms with Gasteiger partial charge >= 0.3 is 0 Å². The number of anilines is 1. The van der Waals surface area contributed by atoms with Crippen molar-refractivity contribution in [1.82, 2.24) is 9.38 Å². The van der Waals surface area contributed by atoms with Crippen molar-refractivity contribution < 1.29 is 4.79 Å². The largest absolute Gasteiger partial charge is 0.384 e. The first-order chi connectivity index (χ1) is 6.20. The van der Waals surface area contributed by atoms with Crippen LogP contribution in [0.1, 0.15) is 17.3 Å². The lowest BCUT2D eigenvalue weighted by Gasteiger charge is -1.95. The molecule has 2 aromatic heterocycles. The van der Waals surface area contributed by atoms with E-state index in [0.29, 0.717) is 11.4 Å². The number of ketones is 1. The summed E-state index contributed by atoms with van der Waals surface area (Å²) >= 11 is 0. The van der Waals surface area contributed by atoms with Crippen molar-refractivity contribution in [3.05, 3.63) is 30.2 Å². The van der Waals surface area contributed by atoms with Crippen molar-refractivity contribution in [1.29, 1.82) is 0 Å². The first-order valence-electron chi connectivity index (χ1n) is 3.91. The second-order valence-electron chi connectivity index (χ2n) is 2.87. The molecule has 66 valence electrons. The predicted molar refractivity (Wildman–Crippen MR) is 49.6 cm³/mol. The quantitative estimate of drug-likeness (QED) is 0.660. The molecule has 0 fully saturated rings. The number of carbonyl (C=O) groups excluding carboxylic acids is 1. The van der Waals surface area contributed by atoms with Crippen molar-refractivity contribution >= 4 is 17.1 Å². The van der Waals surface area contributed by atoms with Gasteiger partial charge in [0.2, 0.25) is 0 Å². The fourth-order valence-electron chi connectivity index (χ4n) is 1.32. The van der Waals surface area contributed by atoms with Crippen molar-refractivity contribution in [2.75, 3.05) is 5.73 Å². The molecule has 0 aliphatic carbocycles. The molecule has 13 heavy (non-hydrogen) atoms. The van der Waals surface area contributed by atoms with Crippen molar-refractivity contribution in [2.24, 2.45) is 0 Å². The molecule has 4 nitrogen and oxygen atoms in total. The van der Waals surface area contributed by atoms with Crippen LogP contribution in [0.2, 0.25) is 0 Å². The summed E-state index contributed by atoms with van der Waals surface area (Å²) in [5, 5.41) is 0. The highest BCUT2D eigenvalue weighted by molar-refractivity contribution is 6.00. The number of Topliss-reactive ketones (excluding diaryl/α,β-unsaturated/α-hetero) is 1. The third-order valence-electron chi connectivity index (χ3n) is 2.00. The Kier molecular flexibility index (Phi) is 1.55. The summed E-state index contributed by atoms with van der Waals surface area (Å²) in [5.41, 5.74) is 7.18. The van der Waals surface area contributed by atoms with E-state index in [4.69, 9.17) is 5.73 Å². The van der Waals surface area contributed by atoms with Gasteiger partial charge in [-0.05, 0) is 19.1 Å². The van der Waals surface area contributed by atoms with Gasteiger partial charge in [0, 0.05) is 6.20 Å². The molecule has 0 saturated heterocycles. The molecule has 0 radical (unpaired) electrons. The number of hydrogen-bond donors (Lipinski definition) is 1. The lowest BCUT2D eigenvalue weighted by molar-refractivity contribution is 0.101. The third-order valence-corrected chi connectivity index (χ3v) is 2.00. The van der Waals surface area contributed by atoms with Crippen molar-refractivity contribution in [2.45, 2.75) is 6.92 Å². The van der Waals surface area contributed by atoms with Crippen LogP contribution < -0.4 is 5.73 Å². The van der Waals surface area contributed by atoms with Gasteiger partial charge in [0.1, 0.15) is 12.1 Å². The lowest BCUT2D eigenvalue weighted by atomic mass is 10.2. The van der Waals surface area contributed by atoms with E-state index in [1.807, 2.05) is 6.07 Å². The van der Waals surface area contributed by atoms with Gasteiger partial charge in [0.15, 0.2) is 5.78 Å². The molecule has 0 unspecified atom stereocenters. The highest BCUT2D eigenvalue weighted by atomic mass is 16.1. The minimum Gasteiger partial charge on any atom is -0.384 e. The summed E-state index contributed by atoms with van der Waals surface area (Å²) in [6.45, 7) is 1.50. The molecule has 0 saturated carbocycles. The third kappa shape index (κ3) is 1.07. The summed E-state index contributed by atoms with van der Waals surface area (Å²) in [7, 11) is 0. The van der Waals surface area contributed by atoms with Crippen molar-refractivity contribution in [3.63, 3.8) is 0 Å². The monoisotopic (exact) mass is 175 g/mol. The Labute approximate surface area is 75.0 Å². The Bertz CT molecular complexity index is 473. The zero-order chi connectivity index (χ0) is 9.42. The van der Waals surface area contributed by atoms with Crippen LogP contribution in [0.4, 0.5) is 5.82 Å². The molecule has 2 heterocycles. The SMILES string of the molecule is CC(=O)c1cc2ccncn2c1N. The van der Waals surface area contributed by atoms with E-state index in [-0.39, 0.29) is 5.78 Å². The van der Waals surface area contributed by atoms with Gasteiger partial charge < -0.3 is 5.73 Å². The zero-order valence-electron chi connectivity index (χ0n) is 7.19. The highest BCUT2D eigenvalue weighted by Crippen LogP contribution is 2.17. The van der Waals surface area contributed by atoms with E-state index in [1.165, 1.54) is 6.92 Å². The Morgan fingerprint density at radius 1 is 1.62 bits per heavy atom. The van der Waals surface area contributed by atoms with Gasteiger partial charge in [-0.2, -0.15) is 0 Å². The van der Waals surface area contributed by atoms with Crippen LogP contribution in [0.15, 0.2) is 24.7 Å². The molecule has 0 bridgehead atoms. The molecule has 0 aliphatic heterocycles. The first kappa shape index (κ1) is 7.79. The first-order valence-corrected chi connectivity index (χ1v) is 3.91. The van der Waals surface area contributed by atoms with E-state index in [9.17, 15) is 4.79 Å². The van der Waals surface area contributed by atoms with Crippen LogP contribution in [0.3, 0.4) is 0 Å². The lowest BCUT2D eigenvalue weighted by Crippen LogP contribution is -1.99. The number of nitrogens with two attached hydrogens (primary N) is 1. The van der Waals surface area contributed by atoms with E-state index in [1.54, 1.807) is 23.0 Å². The highest BCUT2D eigenvalue weighted by Gasteiger charge is 2.09. The van der Waals surface area contributed by atoms with Gasteiger partial charge in [-0.1, -0.05) is 0 Å². The predicted octanol–water partition coefficient (Wildman–Crippen LogP) is 1.12. The number of nitrogens with zero attached hydrogens (tertiary/aromatic N) is 2. The maximum Gasteiger partial charge on any atom is 0.163 e. The van der Waals surface area contributed by atoms with Crippen LogP contribution in [0.5, 0.6) is 0 Å². The Morgan fingerprint density at radius 2 is 2.38 bits per heavy atom. The molecule has 0 aliphatic rings. The van der Waals surface area contributed by atoms with E-state index in [0.717, 1.165) is 5.52 Å². The number of carbonyl (C=O) groups is 1. The average Bonchev–Trinajstić information content (AvgIpc) is 2.45.